The Labute approximate surface area is 109 Å². The Morgan fingerprint density at radius 1 is 1.47 bits per heavy atom. The fourth-order valence-corrected chi connectivity index (χ4v) is 2.02. The summed E-state index contributed by atoms with van der Waals surface area (Å²) in [5, 5.41) is 11.0. The maximum Gasteiger partial charge on any atom is 0.303 e. The van der Waals surface area contributed by atoms with Gasteiger partial charge in [0, 0.05) is 13.0 Å². The highest BCUT2D eigenvalue weighted by molar-refractivity contribution is 5.90. The lowest BCUT2D eigenvalue weighted by Gasteiger charge is -2.22. The number of nitrogens with two attached hydrogens (primary N) is 1. The number of primary amides is 1. The minimum absolute atomic E-state index is 0.0653. The predicted octanol–water partition coefficient (Wildman–Crippen LogP) is -1.56. The SMILES string of the molecule is NC(=O)C(CCC(=O)O)NC(=O)C1CCCN1C=O. The molecule has 0 radical (unpaired) electrons. The lowest BCUT2D eigenvalue weighted by atomic mass is 10.1. The third kappa shape index (κ3) is 4.23. The number of aliphatic carboxylic acids is 1. The van der Waals surface area contributed by atoms with Crippen molar-refractivity contribution in [1.82, 2.24) is 10.2 Å². The summed E-state index contributed by atoms with van der Waals surface area (Å²) in [5.74, 6) is -2.33. The normalized spacial score (nSPS) is 19.8. The highest BCUT2D eigenvalue weighted by atomic mass is 16.4. The third-order valence-corrected chi connectivity index (χ3v) is 3.04. The Hall–Kier alpha value is -2.12. The van der Waals surface area contributed by atoms with Crippen molar-refractivity contribution in [3.05, 3.63) is 0 Å². The molecule has 0 saturated carbocycles. The van der Waals surface area contributed by atoms with Gasteiger partial charge in [0.25, 0.3) is 0 Å². The van der Waals surface area contributed by atoms with E-state index in [0.29, 0.717) is 25.8 Å². The Morgan fingerprint density at radius 2 is 2.16 bits per heavy atom. The van der Waals surface area contributed by atoms with Crippen molar-refractivity contribution in [2.75, 3.05) is 6.54 Å². The van der Waals surface area contributed by atoms with Crippen LogP contribution in [0.5, 0.6) is 0 Å². The van der Waals surface area contributed by atoms with Gasteiger partial charge in [0.1, 0.15) is 12.1 Å². The molecule has 3 amide bonds. The molecule has 106 valence electrons. The number of hydrogen-bond donors (Lipinski definition) is 3. The minimum atomic E-state index is -1.07. The summed E-state index contributed by atoms with van der Waals surface area (Å²) in [6.45, 7) is 0.498. The number of nitrogens with one attached hydrogen (secondary N) is 1. The minimum Gasteiger partial charge on any atom is -0.481 e. The van der Waals surface area contributed by atoms with E-state index < -0.39 is 29.9 Å². The lowest BCUT2D eigenvalue weighted by Crippen LogP contribution is -2.51. The standard InChI is InChI=1S/C11H17N3O5/c12-10(18)7(3-4-9(16)17)13-11(19)8-2-1-5-14(8)6-15/h6-8H,1-5H2,(H2,12,18)(H,13,19)(H,16,17). The number of nitrogens with zero attached hydrogens (tertiary/aromatic N) is 1. The monoisotopic (exact) mass is 271 g/mol. The van der Waals surface area contributed by atoms with Crippen LogP contribution in [0.1, 0.15) is 25.7 Å². The summed E-state index contributed by atoms with van der Waals surface area (Å²) in [6, 6.07) is -1.64. The first-order valence-electron chi connectivity index (χ1n) is 5.98. The molecule has 1 rings (SSSR count). The second-order valence-corrected chi connectivity index (χ2v) is 4.40. The second kappa shape index (κ2) is 6.72. The van der Waals surface area contributed by atoms with Crippen LogP contribution in [-0.4, -0.2) is 52.8 Å². The Bertz CT molecular complexity index is 385. The van der Waals surface area contributed by atoms with Gasteiger partial charge in [-0.2, -0.15) is 0 Å². The fourth-order valence-electron chi connectivity index (χ4n) is 2.02. The van der Waals surface area contributed by atoms with E-state index in [9.17, 15) is 19.2 Å². The molecule has 8 nitrogen and oxygen atoms in total. The van der Waals surface area contributed by atoms with Crippen LogP contribution in [0.3, 0.4) is 0 Å². The van der Waals surface area contributed by atoms with E-state index >= 15 is 0 Å². The summed E-state index contributed by atoms with van der Waals surface area (Å²) in [4.78, 5) is 45.6. The van der Waals surface area contributed by atoms with Crippen LogP contribution in [0.2, 0.25) is 0 Å². The number of hydrogen-bond acceptors (Lipinski definition) is 4. The van der Waals surface area contributed by atoms with Gasteiger partial charge in [0.15, 0.2) is 0 Å². The molecule has 0 aromatic heterocycles. The molecule has 1 saturated heterocycles. The molecule has 8 heteroatoms. The number of amides is 3. The molecule has 2 unspecified atom stereocenters. The van der Waals surface area contributed by atoms with E-state index in [0.717, 1.165) is 0 Å². The summed E-state index contributed by atoms with van der Waals surface area (Å²) in [6.07, 6.45) is 1.50. The first-order valence-corrected chi connectivity index (χ1v) is 5.98. The van der Waals surface area contributed by atoms with Crippen LogP contribution >= 0.6 is 0 Å². The van der Waals surface area contributed by atoms with E-state index in [1.54, 1.807) is 0 Å². The second-order valence-electron chi connectivity index (χ2n) is 4.40. The van der Waals surface area contributed by atoms with Gasteiger partial charge < -0.3 is 21.1 Å². The first kappa shape index (κ1) is 14.9. The van der Waals surface area contributed by atoms with Crippen molar-refractivity contribution in [3.63, 3.8) is 0 Å². The zero-order chi connectivity index (χ0) is 14.4. The smallest absolute Gasteiger partial charge is 0.303 e. The first-order chi connectivity index (χ1) is 8.95. The molecule has 1 aliphatic heterocycles. The number of likely N-dealkylation sites (tertiary alicyclic amines) is 1. The summed E-state index contributed by atoms with van der Waals surface area (Å²) < 4.78 is 0. The van der Waals surface area contributed by atoms with Crippen molar-refractivity contribution in [2.24, 2.45) is 5.73 Å². The molecule has 0 spiro atoms. The van der Waals surface area contributed by atoms with E-state index in [-0.39, 0.29) is 12.8 Å². The van der Waals surface area contributed by atoms with Gasteiger partial charge in [-0.3, -0.25) is 19.2 Å². The summed E-state index contributed by atoms with van der Waals surface area (Å²) >= 11 is 0. The lowest BCUT2D eigenvalue weighted by molar-refractivity contribution is -0.138. The average Bonchev–Trinajstić information content (AvgIpc) is 2.81. The molecule has 1 aliphatic rings. The van der Waals surface area contributed by atoms with Gasteiger partial charge in [-0.1, -0.05) is 0 Å². The molecular weight excluding hydrogens is 254 g/mol. The molecule has 0 aromatic rings. The maximum absolute atomic E-state index is 11.9. The van der Waals surface area contributed by atoms with E-state index in [2.05, 4.69) is 5.32 Å². The number of carboxylic acid groups (broad SMARTS) is 1. The zero-order valence-corrected chi connectivity index (χ0v) is 10.4. The van der Waals surface area contributed by atoms with Crippen LogP contribution in [-0.2, 0) is 19.2 Å². The third-order valence-electron chi connectivity index (χ3n) is 3.04. The molecule has 0 aliphatic carbocycles. The number of carboxylic acids is 1. The molecule has 19 heavy (non-hydrogen) atoms. The number of carbonyl (C=O) groups is 4. The largest absolute Gasteiger partial charge is 0.481 e. The van der Waals surface area contributed by atoms with Crippen molar-refractivity contribution in [2.45, 2.75) is 37.8 Å². The van der Waals surface area contributed by atoms with Crippen LogP contribution in [0.25, 0.3) is 0 Å². The van der Waals surface area contributed by atoms with Crippen molar-refractivity contribution >= 4 is 24.2 Å². The van der Waals surface area contributed by atoms with Gasteiger partial charge in [0.2, 0.25) is 18.2 Å². The van der Waals surface area contributed by atoms with Crippen LogP contribution < -0.4 is 11.1 Å². The maximum atomic E-state index is 11.9. The number of rotatable bonds is 7. The topological polar surface area (TPSA) is 130 Å². The van der Waals surface area contributed by atoms with E-state index in [1.165, 1.54) is 4.90 Å². The predicted molar refractivity (Wildman–Crippen MR) is 63.8 cm³/mol. The molecule has 4 N–H and O–H groups in total. The molecule has 1 fully saturated rings. The quantitative estimate of drug-likeness (QED) is 0.482. The Morgan fingerprint density at radius 3 is 2.68 bits per heavy atom. The van der Waals surface area contributed by atoms with Gasteiger partial charge in [-0.05, 0) is 19.3 Å². The molecule has 2 atom stereocenters. The van der Waals surface area contributed by atoms with Gasteiger partial charge in [-0.25, -0.2) is 0 Å². The molecule has 0 bridgehead atoms. The van der Waals surface area contributed by atoms with Crippen LogP contribution in [0.4, 0.5) is 0 Å². The van der Waals surface area contributed by atoms with Gasteiger partial charge in [-0.15, -0.1) is 0 Å². The summed E-state index contributed by atoms with van der Waals surface area (Å²) in [7, 11) is 0. The van der Waals surface area contributed by atoms with Crippen LogP contribution in [0.15, 0.2) is 0 Å². The average molecular weight is 271 g/mol. The van der Waals surface area contributed by atoms with Gasteiger partial charge >= 0.3 is 5.97 Å². The molecule has 1 heterocycles. The highest BCUT2D eigenvalue weighted by Crippen LogP contribution is 2.15. The van der Waals surface area contributed by atoms with Crippen molar-refractivity contribution in [1.29, 1.82) is 0 Å². The molecule has 0 aromatic carbocycles. The van der Waals surface area contributed by atoms with Gasteiger partial charge in [0.05, 0.1) is 0 Å². The fraction of sp³-hybridized carbons (Fsp3) is 0.636. The highest BCUT2D eigenvalue weighted by Gasteiger charge is 2.31. The Kier molecular flexibility index (Phi) is 5.28. The van der Waals surface area contributed by atoms with E-state index in [1.807, 2.05) is 0 Å². The zero-order valence-electron chi connectivity index (χ0n) is 10.4. The van der Waals surface area contributed by atoms with Crippen molar-refractivity contribution < 1.29 is 24.3 Å². The van der Waals surface area contributed by atoms with E-state index in [4.69, 9.17) is 10.8 Å². The Balaban J connectivity index is 2.58. The summed E-state index contributed by atoms with van der Waals surface area (Å²) in [5.41, 5.74) is 5.11. The molecular formula is C11H17N3O5. The van der Waals surface area contributed by atoms with Crippen molar-refractivity contribution in [3.8, 4) is 0 Å². The van der Waals surface area contributed by atoms with Crippen LogP contribution in [0, 0.1) is 0 Å². The number of carbonyl (C=O) groups excluding carboxylic acids is 3.